The molecular weight excluding hydrogens is 544 g/mol. The van der Waals surface area contributed by atoms with Crippen LogP contribution in [0.5, 0.6) is 0 Å². The molecule has 4 aromatic rings. The summed E-state index contributed by atoms with van der Waals surface area (Å²) in [5.74, 6) is -0.254. The summed E-state index contributed by atoms with van der Waals surface area (Å²) in [7, 11) is 1.70. The van der Waals surface area contributed by atoms with Crippen LogP contribution in [0.25, 0.3) is 16.9 Å². The van der Waals surface area contributed by atoms with Crippen LogP contribution in [-0.4, -0.2) is 72.6 Å². The normalized spacial score (nSPS) is 18.1. The number of hydrogen-bond acceptors (Lipinski definition) is 8. The SMILES string of the molecule is CN/C=C(\C(=N)Cc1ccccc1)C(=O)N1CCC(O)(Cn2cnn3c(-c4ccc5c(c4)CC(N)C5)cnc3c2=O)CC1. The van der Waals surface area contributed by atoms with E-state index in [0.29, 0.717) is 25.1 Å². The zero-order chi connectivity index (χ0) is 30.1. The van der Waals surface area contributed by atoms with Crippen LogP contribution in [0.15, 0.2) is 77.6 Å². The second-order valence-corrected chi connectivity index (χ2v) is 11.6. The monoisotopic (exact) mass is 580 g/mol. The number of aromatic nitrogens is 4. The van der Waals surface area contributed by atoms with Gasteiger partial charge in [-0.1, -0.05) is 42.5 Å². The quantitative estimate of drug-likeness (QED) is 0.183. The molecule has 0 saturated carbocycles. The standard InChI is InChI=1S/C32H36N8O3/c1-35-17-26(27(34)13-21-5-3-2-4-6-21)30(41)38-11-9-32(43,10-12-38)19-39-20-37-40-28(18-36-29(40)31(39)42)23-8-7-22-15-25(33)16-24(22)14-23/h2-8,14,17-18,20,25,34-35,43H,9-13,15-16,19,33H2,1H3/b26-17+,34-27?. The van der Waals surface area contributed by atoms with Gasteiger partial charge in [0.25, 0.3) is 11.5 Å². The molecular formula is C32H36N8O3. The number of hydrogen-bond donors (Lipinski definition) is 4. The predicted molar refractivity (Wildman–Crippen MR) is 164 cm³/mol. The molecule has 0 radical (unpaired) electrons. The molecule has 11 nitrogen and oxygen atoms in total. The second-order valence-electron chi connectivity index (χ2n) is 11.6. The van der Waals surface area contributed by atoms with Crippen molar-refractivity contribution in [3.05, 3.63) is 99.9 Å². The average molecular weight is 581 g/mol. The zero-order valence-electron chi connectivity index (χ0n) is 24.2. The van der Waals surface area contributed by atoms with Crippen molar-refractivity contribution in [2.24, 2.45) is 5.73 Å². The van der Waals surface area contributed by atoms with Crippen LogP contribution in [0.4, 0.5) is 0 Å². The van der Waals surface area contributed by atoms with Crippen molar-refractivity contribution in [1.29, 1.82) is 5.41 Å². The van der Waals surface area contributed by atoms with Crippen LogP contribution >= 0.6 is 0 Å². The first-order valence-electron chi connectivity index (χ1n) is 14.6. The second kappa shape index (κ2) is 11.6. The van der Waals surface area contributed by atoms with Gasteiger partial charge in [-0.05, 0) is 48.4 Å². The molecule has 1 fully saturated rings. The number of rotatable bonds is 8. The van der Waals surface area contributed by atoms with Crippen LogP contribution in [0.1, 0.15) is 29.5 Å². The van der Waals surface area contributed by atoms with Gasteiger partial charge in [0.1, 0.15) is 6.33 Å². The van der Waals surface area contributed by atoms with Gasteiger partial charge < -0.3 is 26.5 Å². The number of nitrogens with zero attached hydrogens (tertiary/aromatic N) is 5. The van der Waals surface area contributed by atoms with Crippen LogP contribution in [0.2, 0.25) is 0 Å². The third kappa shape index (κ3) is 5.73. The molecule has 1 saturated heterocycles. The number of carbonyl (C=O) groups excluding carboxylic acids is 1. The topological polar surface area (TPSA) is 155 Å². The molecule has 3 heterocycles. The van der Waals surface area contributed by atoms with E-state index in [1.807, 2.05) is 36.4 Å². The molecule has 6 rings (SSSR count). The molecule has 0 spiro atoms. The highest BCUT2D eigenvalue weighted by atomic mass is 16.3. The van der Waals surface area contributed by atoms with Crippen LogP contribution in [0.3, 0.4) is 0 Å². The minimum atomic E-state index is -1.20. The van der Waals surface area contributed by atoms with Crippen LogP contribution in [-0.2, 0) is 30.6 Å². The van der Waals surface area contributed by atoms with Crippen molar-refractivity contribution in [3.8, 4) is 11.3 Å². The minimum absolute atomic E-state index is 0.0410. The molecule has 1 aliphatic carbocycles. The lowest BCUT2D eigenvalue weighted by atomic mass is 9.90. The summed E-state index contributed by atoms with van der Waals surface area (Å²) in [6, 6.07) is 15.9. The van der Waals surface area contributed by atoms with E-state index in [9.17, 15) is 14.7 Å². The van der Waals surface area contributed by atoms with Crippen molar-refractivity contribution >= 4 is 17.3 Å². The number of benzene rings is 2. The molecule has 1 aliphatic heterocycles. The molecule has 2 aromatic heterocycles. The molecule has 11 heteroatoms. The lowest BCUT2D eigenvalue weighted by Gasteiger charge is -2.38. The van der Waals surface area contributed by atoms with Gasteiger partial charge >= 0.3 is 0 Å². The van der Waals surface area contributed by atoms with Crippen molar-refractivity contribution in [1.82, 2.24) is 29.4 Å². The maximum atomic E-state index is 13.4. The predicted octanol–water partition coefficient (Wildman–Crippen LogP) is 1.70. The Bertz CT molecular complexity index is 1770. The van der Waals surface area contributed by atoms with E-state index >= 15 is 0 Å². The minimum Gasteiger partial charge on any atom is -0.393 e. The fourth-order valence-corrected chi connectivity index (χ4v) is 6.11. The lowest BCUT2D eigenvalue weighted by Crippen LogP contribution is -2.50. The molecule has 43 heavy (non-hydrogen) atoms. The van der Waals surface area contributed by atoms with E-state index in [1.165, 1.54) is 22.0 Å². The molecule has 2 aliphatic rings. The third-order valence-electron chi connectivity index (χ3n) is 8.48. The Kier molecular flexibility index (Phi) is 7.68. The summed E-state index contributed by atoms with van der Waals surface area (Å²) >= 11 is 0. The van der Waals surface area contributed by atoms with Crippen LogP contribution < -0.4 is 16.6 Å². The lowest BCUT2D eigenvalue weighted by molar-refractivity contribution is -0.131. The molecule has 1 atom stereocenters. The van der Waals surface area contributed by atoms with Crippen molar-refractivity contribution in [2.45, 2.75) is 50.3 Å². The van der Waals surface area contributed by atoms with Gasteiger partial charge in [0.15, 0.2) is 0 Å². The number of nitrogens with one attached hydrogen (secondary N) is 2. The maximum Gasteiger partial charge on any atom is 0.296 e. The first kappa shape index (κ1) is 28.5. The Morgan fingerprint density at radius 3 is 2.65 bits per heavy atom. The van der Waals surface area contributed by atoms with Gasteiger partial charge in [0, 0.05) is 50.1 Å². The van der Waals surface area contributed by atoms with E-state index in [-0.39, 0.29) is 48.3 Å². The summed E-state index contributed by atoms with van der Waals surface area (Å²) in [6.45, 7) is 0.642. The van der Waals surface area contributed by atoms with E-state index in [2.05, 4.69) is 27.5 Å². The first-order chi connectivity index (χ1) is 20.7. The van der Waals surface area contributed by atoms with Crippen LogP contribution in [0, 0.1) is 5.41 Å². The van der Waals surface area contributed by atoms with Gasteiger partial charge in [-0.25, -0.2) is 9.50 Å². The fourth-order valence-electron chi connectivity index (χ4n) is 6.11. The van der Waals surface area contributed by atoms with E-state index in [0.717, 1.165) is 29.7 Å². The Labute approximate surface area is 249 Å². The first-order valence-corrected chi connectivity index (χ1v) is 14.6. The van der Waals surface area contributed by atoms with Gasteiger partial charge in [-0.3, -0.25) is 14.2 Å². The van der Waals surface area contributed by atoms with Gasteiger partial charge in [-0.15, -0.1) is 0 Å². The summed E-state index contributed by atoms with van der Waals surface area (Å²) < 4.78 is 2.94. The highest BCUT2D eigenvalue weighted by Crippen LogP contribution is 2.28. The zero-order valence-corrected chi connectivity index (χ0v) is 24.2. The highest BCUT2D eigenvalue weighted by molar-refractivity contribution is 6.20. The Morgan fingerprint density at radius 2 is 1.91 bits per heavy atom. The number of amides is 1. The van der Waals surface area contributed by atoms with E-state index in [4.69, 9.17) is 11.1 Å². The van der Waals surface area contributed by atoms with Crippen molar-refractivity contribution < 1.29 is 9.90 Å². The van der Waals surface area contributed by atoms with Gasteiger partial charge in [0.2, 0.25) is 5.65 Å². The van der Waals surface area contributed by atoms with Crippen molar-refractivity contribution in [3.63, 3.8) is 0 Å². The third-order valence-corrected chi connectivity index (χ3v) is 8.48. The number of piperidine rings is 1. The highest BCUT2D eigenvalue weighted by Gasteiger charge is 2.36. The number of aliphatic hydroxyl groups is 1. The Balaban J connectivity index is 1.14. The number of nitrogens with two attached hydrogens (primary N) is 1. The smallest absolute Gasteiger partial charge is 0.296 e. The fraction of sp³-hybridized carbons (Fsp3) is 0.344. The molecule has 1 unspecified atom stereocenters. The van der Waals surface area contributed by atoms with Crippen molar-refractivity contribution in [2.75, 3.05) is 20.1 Å². The molecule has 0 bridgehead atoms. The summed E-state index contributed by atoms with van der Waals surface area (Å²) in [5, 5.41) is 27.4. The largest absolute Gasteiger partial charge is 0.393 e. The molecule has 222 valence electrons. The number of carbonyl (C=O) groups is 1. The van der Waals surface area contributed by atoms with E-state index in [1.54, 1.807) is 28.9 Å². The molecule has 2 aromatic carbocycles. The molecule has 1 amide bonds. The number of fused-ring (bicyclic) bond motifs is 2. The Hall–Kier alpha value is -4.61. The molecule has 5 N–H and O–H groups in total. The summed E-state index contributed by atoms with van der Waals surface area (Å²) in [5.41, 5.74) is 10.3. The number of imidazole rings is 1. The summed E-state index contributed by atoms with van der Waals surface area (Å²) in [6.07, 6.45) is 7.25. The summed E-state index contributed by atoms with van der Waals surface area (Å²) in [4.78, 5) is 32.8. The average Bonchev–Trinajstić information content (AvgIpc) is 3.60. The van der Waals surface area contributed by atoms with Gasteiger partial charge in [-0.2, -0.15) is 5.10 Å². The Morgan fingerprint density at radius 1 is 1.16 bits per heavy atom. The van der Waals surface area contributed by atoms with Gasteiger partial charge in [0.05, 0.1) is 29.6 Å². The van der Waals surface area contributed by atoms with E-state index < -0.39 is 5.60 Å². The number of likely N-dealkylation sites (tertiary alicyclic amines) is 1. The maximum absolute atomic E-state index is 13.4.